The fourth-order valence-electron chi connectivity index (χ4n) is 2.25. The lowest BCUT2D eigenvalue weighted by Gasteiger charge is -2.34. The van der Waals surface area contributed by atoms with E-state index in [-0.39, 0.29) is 24.3 Å². The van der Waals surface area contributed by atoms with Crippen LogP contribution >= 0.6 is 11.8 Å². The summed E-state index contributed by atoms with van der Waals surface area (Å²) in [5, 5.41) is 9.76. The van der Waals surface area contributed by atoms with Crippen LogP contribution in [0.2, 0.25) is 0 Å². The van der Waals surface area contributed by atoms with Crippen LogP contribution in [0.25, 0.3) is 11.1 Å². The van der Waals surface area contributed by atoms with Gasteiger partial charge in [-0.1, -0.05) is 23.9 Å². The van der Waals surface area contributed by atoms with Gasteiger partial charge in [-0.25, -0.2) is 4.98 Å². The van der Waals surface area contributed by atoms with Crippen molar-refractivity contribution < 1.29 is 19.1 Å². The number of carbonyl (C=O) groups is 1. The Balaban J connectivity index is 1.62. The second-order valence-corrected chi connectivity index (χ2v) is 5.66. The molecule has 1 unspecified atom stereocenters. The minimum Gasteiger partial charge on any atom is -0.431 e. The maximum Gasteiger partial charge on any atom is 0.257 e. The van der Waals surface area contributed by atoms with E-state index in [4.69, 9.17) is 9.15 Å². The molecule has 2 heterocycles. The molecule has 1 aromatic carbocycles. The number of hydrogen-bond acceptors (Lipinski definition) is 6. The summed E-state index contributed by atoms with van der Waals surface area (Å²) in [5.74, 6) is 0.202. The Hall–Kier alpha value is -1.57. The summed E-state index contributed by atoms with van der Waals surface area (Å²) >= 11 is 1.27. The van der Waals surface area contributed by atoms with Crippen molar-refractivity contribution >= 4 is 28.8 Å². The summed E-state index contributed by atoms with van der Waals surface area (Å²) < 4.78 is 10.8. The smallest absolute Gasteiger partial charge is 0.257 e. The lowest BCUT2D eigenvalue weighted by molar-refractivity contribution is -0.138. The normalized spacial score (nSPS) is 19.1. The number of aliphatic hydroxyl groups excluding tert-OH is 1. The number of oxazole rings is 1. The average molecular weight is 308 g/mol. The Morgan fingerprint density at radius 2 is 2.33 bits per heavy atom. The highest BCUT2D eigenvalue weighted by Gasteiger charge is 2.26. The molecule has 7 heteroatoms. The van der Waals surface area contributed by atoms with Gasteiger partial charge in [-0.05, 0) is 12.1 Å². The molecule has 0 saturated carbocycles. The van der Waals surface area contributed by atoms with Crippen LogP contribution in [0.4, 0.5) is 0 Å². The summed E-state index contributed by atoms with van der Waals surface area (Å²) in [6.45, 7) is 1.32. The van der Waals surface area contributed by atoms with Crippen molar-refractivity contribution in [2.45, 2.75) is 11.3 Å². The number of aliphatic hydroxyl groups is 1. The van der Waals surface area contributed by atoms with E-state index in [1.807, 2.05) is 24.3 Å². The minimum absolute atomic E-state index is 0.0374. The summed E-state index contributed by atoms with van der Waals surface area (Å²) in [5.41, 5.74) is 1.50. The third-order valence-corrected chi connectivity index (χ3v) is 4.16. The number of fused-ring (bicyclic) bond motifs is 1. The molecule has 112 valence electrons. The van der Waals surface area contributed by atoms with Crippen molar-refractivity contribution in [3.05, 3.63) is 24.3 Å². The Morgan fingerprint density at radius 3 is 3.14 bits per heavy atom. The number of benzene rings is 1. The fourth-order valence-corrected chi connectivity index (χ4v) is 2.98. The predicted octanol–water partition coefficient (Wildman–Crippen LogP) is 1.14. The molecule has 1 fully saturated rings. The summed E-state index contributed by atoms with van der Waals surface area (Å²) in [7, 11) is 0. The van der Waals surface area contributed by atoms with Crippen molar-refractivity contribution in [3.8, 4) is 0 Å². The van der Waals surface area contributed by atoms with Gasteiger partial charge in [-0.3, -0.25) is 4.79 Å². The van der Waals surface area contributed by atoms with E-state index < -0.39 is 0 Å². The quantitative estimate of drug-likeness (QED) is 0.854. The van der Waals surface area contributed by atoms with Crippen molar-refractivity contribution in [2.75, 3.05) is 32.1 Å². The van der Waals surface area contributed by atoms with E-state index in [1.54, 1.807) is 4.90 Å². The van der Waals surface area contributed by atoms with Gasteiger partial charge in [0.1, 0.15) is 5.52 Å². The molecule has 1 atom stereocenters. The van der Waals surface area contributed by atoms with Crippen LogP contribution < -0.4 is 0 Å². The van der Waals surface area contributed by atoms with Crippen LogP contribution in [0.1, 0.15) is 0 Å². The maximum atomic E-state index is 12.2. The van der Waals surface area contributed by atoms with Crippen molar-refractivity contribution in [1.82, 2.24) is 9.88 Å². The molecule has 1 saturated heterocycles. The number of ether oxygens (including phenoxy) is 1. The van der Waals surface area contributed by atoms with Gasteiger partial charge in [0.15, 0.2) is 5.58 Å². The number of thioether (sulfide) groups is 1. The predicted molar refractivity (Wildman–Crippen MR) is 78.1 cm³/mol. The molecule has 1 aliphatic heterocycles. The van der Waals surface area contributed by atoms with Crippen molar-refractivity contribution in [2.24, 2.45) is 0 Å². The van der Waals surface area contributed by atoms with Gasteiger partial charge in [-0.2, -0.15) is 0 Å². The zero-order valence-electron chi connectivity index (χ0n) is 11.4. The molecule has 0 aliphatic carbocycles. The molecule has 1 amide bonds. The Bertz CT molecular complexity index is 597. The Kier molecular flexibility index (Phi) is 4.42. The molecular formula is C14H16N2O4S. The van der Waals surface area contributed by atoms with Gasteiger partial charge in [-0.15, -0.1) is 0 Å². The number of carbonyl (C=O) groups excluding carboxylic acids is 1. The zero-order chi connectivity index (χ0) is 14.7. The molecule has 0 spiro atoms. The molecule has 1 aliphatic rings. The van der Waals surface area contributed by atoms with Gasteiger partial charge < -0.3 is 19.2 Å². The van der Waals surface area contributed by atoms with Crippen LogP contribution in [0.15, 0.2) is 33.9 Å². The highest BCUT2D eigenvalue weighted by molar-refractivity contribution is 7.99. The first-order valence-electron chi connectivity index (χ1n) is 6.74. The second kappa shape index (κ2) is 6.46. The lowest BCUT2D eigenvalue weighted by atomic mass is 10.2. The van der Waals surface area contributed by atoms with Gasteiger partial charge in [0.05, 0.1) is 31.6 Å². The number of morpholine rings is 1. The highest BCUT2D eigenvalue weighted by Crippen LogP contribution is 2.23. The first-order chi connectivity index (χ1) is 10.3. The summed E-state index contributed by atoms with van der Waals surface area (Å²) in [6.07, 6.45) is 0. The Labute approximate surface area is 126 Å². The van der Waals surface area contributed by atoms with Crippen LogP contribution in [0.5, 0.6) is 0 Å². The second-order valence-electron chi connectivity index (χ2n) is 4.73. The van der Waals surface area contributed by atoms with Gasteiger partial charge in [0.2, 0.25) is 5.91 Å². The minimum atomic E-state index is -0.254. The number of aromatic nitrogens is 1. The van der Waals surface area contributed by atoms with Crippen molar-refractivity contribution in [1.29, 1.82) is 0 Å². The standard InChI is InChI=1S/C14H16N2O4S/c17-7-10-8-19-6-5-16(10)13(18)9-21-14-15-11-3-1-2-4-12(11)20-14/h1-4,10,17H,5-9H2. The number of para-hydroxylation sites is 2. The zero-order valence-corrected chi connectivity index (χ0v) is 12.2. The lowest BCUT2D eigenvalue weighted by Crippen LogP contribution is -2.51. The van der Waals surface area contributed by atoms with Crippen LogP contribution in [-0.2, 0) is 9.53 Å². The van der Waals surface area contributed by atoms with E-state index in [9.17, 15) is 9.90 Å². The van der Waals surface area contributed by atoms with Gasteiger partial charge >= 0.3 is 0 Å². The van der Waals surface area contributed by atoms with E-state index in [0.717, 1.165) is 5.52 Å². The molecule has 6 nitrogen and oxygen atoms in total. The van der Waals surface area contributed by atoms with Gasteiger partial charge in [0.25, 0.3) is 5.22 Å². The molecule has 0 radical (unpaired) electrons. The summed E-state index contributed by atoms with van der Waals surface area (Å²) in [4.78, 5) is 18.2. The molecule has 21 heavy (non-hydrogen) atoms. The van der Waals surface area contributed by atoms with Crippen molar-refractivity contribution in [3.63, 3.8) is 0 Å². The monoisotopic (exact) mass is 308 g/mol. The van der Waals surface area contributed by atoms with E-state index in [1.165, 1.54) is 11.8 Å². The molecule has 1 N–H and O–H groups in total. The molecular weight excluding hydrogens is 292 g/mol. The first kappa shape index (κ1) is 14.4. The molecule has 3 rings (SSSR count). The molecule has 2 aromatic rings. The van der Waals surface area contributed by atoms with Crippen LogP contribution in [0, 0.1) is 0 Å². The summed E-state index contributed by atoms with van der Waals surface area (Å²) in [6, 6.07) is 7.24. The SMILES string of the molecule is O=C(CSc1nc2ccccc2o1)N1CCOCC1CO. The molecule has 0 bridgehead atoms. The first-order valence-corrected chi connectivity index (χ1v) is 7.73. The van der Waals surface area contributed by atoms with Crippen LogP contribution in [0.3, 0.4) is 0 Å². The van der Waals surface area contributed by atoms with Crippen LogP contribution in [-0.4, -0.2) is 59.1 Å². The van der Waals surface area contributed by atoms with E-state index in [0.29, 0.717) is 30.6 Å². The average Bonchev–Trinajstić information content (AvgIpc) is 2.95. The topological polar surface area (TPSA) is 75.8 Å². The third kappa shape index (κ3) is 3.20. The fraction of sp³-hybridized carbons (Fsp3) is 0.429. The van der Waals surface area contributed by atoms with Gasteiger partial charge in [0, 0.05) is 6.54 Å². The molecule has 1 aromatic heterocycles. The number of nitrogens with zero attached hydrogens (tertiary/aromatic N) is 2. The highest BCUT2D eigenvalue weighted by atomic mass is 32.2. The largest absolute Gasteiger partial charge is 0.431 e. The van der Waals surface area contributed by atoms with E-state index in [2.05, 4.69) is 4.98 Å². The number of rotatable bonds is 4. The number of hydrogen-bond donors (Lipinski definition) is 1. The Morgan fingerprint density at radius 1 is 1.48 bits per heavy atom. The third-order valence-electron chi connectivity index (χ3n) is 3.35. The van der Waals surface area contributed by atoms with E-state index >= 15 is 0 Å². The maximum absolute atomic E-state index is 12.2. The number of amides is 1.